The minimum Gasteiger partial charge on any atom is -0.459 e. The predicted octanol–water partition coefficient (Wildman–Crippen LogP) is 6.51. The number of fused-ring (bicyclic) bond motifs is 12. The molecular formula is C38H43ClN6O6. The van der Waals surface area contributed by atoms with Gasteiger partial charge in [0.25, 0.3) is 6.01 Å². The Bertz CT molecular complexity index is 2120. The Kier molecular flexibility index (Phi) is 8.78. The van der Waals surface area contributed by atoms with Crippen LogP contribution in [0.25, 0.3) is 33.1 Å². The highest BCUT2D eigenvalue weighted by Gasteiger charge is 2.44. The van der Waals surface area contributed by atoms with E-state index in [9.17, 15) is 9.59 Å². The molecule has 4 aliphatic heterocycles. The number of imidazole rings is 1. The zero-order valence-electron chi connectivity index (χ0n) is 29.4. The van der Waals surface area contributed by atoms with E-state index in [4.69, 9.17) is 45.2 Å². The summed E-state index contributed by atoms with van der Waals surface area (Å²) in [5, 5.41) is 1.44. The number of amides is 1. The molecule has 5 aromatic rings. The second kappa shape index (κ2) is 13.3. The van der Waals surface area contributed by atoms with Crippen LogP contribution in [0, 0.1) is 5.92 Å². The molecule has 0 aliphatic carbocycles. The molecule has 2 saturated heterocycles. The van der Waals surface area contributed by atoms with Gasteiger partial charge in [-0.1, -0.05) is 30.7 Å². The number of aromatic nitrogens is 4. The van der Waals surface area contributed by atoms with Crippen LogP contribution in [0.15, 0.2) is 46.9 Å². The number of rotatable bonds is 1. The fraction of sp³-hybridized carbons (Fsp3) is 0.500. The second-order valence-corrected chi connectivity index (χ2v) is 15.4. The van der Waals surface area contributed by atoms with Crippen LogP contribution in [0.1, 0.15) is 65.2 Å². The van der Waals surface area contributed by atoms with Gasteiger partial charge in [0.15, 0.2) is 11.4 Å². The van der Waals surface area contributed by atoms with Crippen LogP contribution in [0.2, 0.25) is 5.02 Å². The van der Waals surface area contributed by atoms with Crippen molar-refractivity contribution >= 4 is 62.4 Å². The normalized spacial score (nSPS) is 23.5. The SMILES string of the molecule is C[C@@H]1CN2CC[C@H]1n1c(nc3cc(Cl)ccc31)O[C@H]1C[C@@H](C(=O)OC(C)(C)C)N(C1)c1nc(nc3c1oc1ccccc13)CCOCCCC2=O. The minimum absolute atomic E-state index is 0.0305. The molecule has 51 heavy (non-hydrogen) atoms. The third-order valence-electron chi connectivity index (χ3n) is 10.0. The Balaban J connectivity index is 1.25. The van der Waals surface area contributed by atoms with Crippen molar-refractivity contribution in [2.75, 3.05) is 37.7 Å². The van der Waals surface area contributed by atoms with Crippen molar-refractivity contribution in [3.63, 3.8) is 0 Å². The maximum Gasteiger partial charge on any atom is 0.329 e. The molecule has 6 bridgehead atoms. The van der Waals surface area contributed by atoms with E-state index < -0.39 is 17.7 Å². The molecule has 12 nitrogen and oxygen atoms in total. The van der Waals surface area contributed by atoms with E-state index in [0.29, 0.717) is 97.9 Å². The third kappa shape index (κ3) is 6.59. The van der Waals surface area contributed by atoms with E-state index in [2.05, 4.69) is 11.5 Å². The smallest absolute Gasteiger partial charge is 0.329 e. The van der Waals surface area contributed by atoms with Crippen molar-refractivity contribution in [2.24, 2.45) is 5.92 Å². The topological polar surface area (TPSA) is 125 Å². The van der Waals surface area contributed by atoms with Crippen LogP contribution in [-0.4, -0.2) is 86.9 Å². The minimum atomic E-state index is -0.709. The van der Waals surface area contributed by atoms with Crippen molar-refractivity contribution in [2.45, 2.75) is 83.6 Å². The summed E-state index contributed by atoms with van der Waals surface area (Å²) < 4.78 is 27.4. The maximum absolute atomic E-state index is 14.0. The summed E-state index contributed by atoms with van der Waals surface area (Å²) in [5.41, 5.74) is 2.78. The van der Waals surface area contributed by atoms with Gasteiger partial charge in [0.2, 0.25) is 5.91 Å². The predicted molar refractivity (Wildman–Crippen MR) is 193 cm³/mol. The molecule has 268 valence electrons. The van der Waals surface area contributed by atoms with Crippen LogP contribution < -0.4 is 9.64 Å². The highest BCUT2D eigenvalue weighted by atomic mass is 35.5. The van der Waals surface area contributed by atoms with Gasteiger partial charge in [0, 0.05) is 55.4 Å². The second-order valence-electron chi connectivity index (χ2n) is 15.0. The summed E-state index contributed by atoms with van der Waals surface area (Å²) >= 11 is 6.44. The van der Waals surface area contributed by atoms with E-state index in [1.165, 1.54) is 0 Å². The quantitative estimate of drug-likeness (QED) is 0.178. The summed E-state index contributed by atoms with van der Waals surface area (Å²) in [7, 11) is 0. The van der Waals surface area contributed by atoms with Gasteiger partial charge in [-0.2, -0.15) is 4.98 Å². The van der Waals surface area contributed by atoms with Crippen molar-refractivity contribution in [1.82, 2.24) is 24.4 Å². The number of carbonyl (C=O) groups excluding carboxylic acids is 2. The van der Waals surface area contributed by atoms with Crippen LogP contribution >= 0.6 is 11.6 Å². The van der Waals surface area contributed by atoms with Crippen LogP contribution in [0.3, 0.4) is 0 Å². The number of nitrogens with zero attached hydrogens (tertiary/aromatic N) is 6. The third-order valence-corrected chi connectivity index (χ3v) is 10.3. The monoisotopic (exact) mass is 714 g/mol. The Hall–Kier alpha value is -4.42. The molecule has 4 aliphatic rings. The maximum atomic E-state index is 14.0. The lowest BCUT2D eigenvalue weighted by atomic mass is 9.93. The van der Waals surface area contributed by atoms with Gasteiger partial charge in [-0.05, 0) is 69.9 Å². The first-order valence-corrected chi connectivity index (χ1v) is 18.3. The van der Waals surface area contributed by atoms with Crippen LogP contribution in [0.5, 0.6) is 6.01 Å². The number of furan rings is 1. The van der Waals surface area contributed by atoms with Crippen molar-refractivity contribution in [1.29, 1.82) is 0 Å². The first kappa shape index (κ1) is 33.7. The van der Waals surface area contributed by atoms with Crippen molar-refractivity contribution in [3.05, 3.63) is 53.3 Å². The standard InChI is InChI=1S/C38H43ClN6O6/c1-22-20-43-15-13-27(22)45-28-12-11-23(39)18-26(28)40-37(45)49-24-19-29(36(47)51-38(2,3)4)44(21-24)35-34-33(25-8-5-6-9-30(25)50-34)41-31(42-35)14-17-48-16-7-10-32(43)46/h5-6,8-9,11-12,18,22,24,27,29H,7,10,13-17,19-21H2,1-4H3/t22-,24+,27-,29+/m1/s1. The summed E-state index contributed by atoms with van der Waals surface area (Å²) in [6.07, 6.45) is 2.14. The molecule has 4 atom stereocenters. The van der Waals surface area contributed by atoms with Gasteiger partial charge in [-0.25, -0.2) is 14.8 Å². The molecule has 2 aromatic carbocycles. The first-order chi connectivity index (χ1) is 24.5. The molecule has 0 spiro atoms. The molecule has 2 fully saturated rings. The summed E-state index contributed by atoms with van der Waals surface area (Å²) in [4.78, 5) is 46.1. The number of carbonyl (C=O) groups is 2. The zero-order valence-corrected chi connectivity index (χ0v) is 30.2. The van der Waals surface area contributed by atoms with Gasteiger partial charge in [-0.3, -0.25) is 9.36 Å². The Morgan fingerprint density at radius 3 is 2.71 bits per heavy atom. The molecule has 0 radical (unpaired) electrons. The van der Waals surface area contributed by atoms with E-state index in [1.807, 2.05) is 73.0 Å². The molecule has 1 amide bonds. The first-order valence-electron chi connectivity index (χ1n) is 17.9. The highest BCUT2D eigenvalue weighted by Crippen LogP contribution is 2.40. The largest absolute Gasteiger partial charge is 0.459 e. The zero-order chi connectivity index (χ0) is 35.4. The number of hydrogen-bond acceptors (Lipinski definition) is 10. The van der Waals surface area contributed by atoms with Gasteiger partial charge in [0.05, 0.1) is 24.2 Å². The summed E-state index contributed by atoms with van der Waals surface area (Å²) in [6, 6.07) is 13.2. The van der Waals surface area contributed by atoms with Crippen molar-refractivity contribution in [3.8, 4) is 6.01 Å². The molecule has 7 heterocycles. The Morgan fingerprint density at radius 1 is 1.04 bits per heavy atom. The molecule has 13 heteroatoms. The van der Waals surface area contributed by atoms with Gasteiger partial charge >= 0.3 is 5.97 Å². The molecule has 0 unspecified atom stereocenters. The number of piperidine rings is 1. The van der Waals surface area contributed by atoms with Crippen LogP contribution in [-0.2, 0) is 25.5 Å². The van der Waals surface area contributed by atoms with Crippen LogP contribution in [0.4, 0.5) is 5.82 Å². The van der Waals surface area contributed by atoms with Gasteiger partial charge in [-0.15, -0.1) is 0 Å². The number of esters is 1. The number of hydrogen-bond donors (Lipinski definition) is 0. The highest BCUT2D eigenvalue weighted by molar-refractivity contribution is 6.31. The number of anilines is 1. The van der Waals surface area contributed by atoms with Gasteiger partial charge in [0.1, 0.15) is 34.7 Å². The van der Waals surface area contributed by atoms with E-state index in [-0.39, 0.29) is 23.8 Å². The average Bonchev–Trinajstić information content (AvgIpc) is 3.78. The lowest BCUT2D eigenvalue weighted by molar-refractivity contribution is -0.156. The lowest BCUT2D eigenvalue weighted by Gasteiger charge is -2.38. The molecule has 9 rings (SSSR count). The molecular weight excluding hydrogens is 672 g/mol. The Morgan fingerprint density at radius 2 is 1.88 bits per heavy atom. The fourth-order valence-corrected chi connectivity index (χ4v) is 7.90. The van der Waals surface area contributed by atoms with E-state index >= 15 is 0 Å². The molecule has 0 saturated carbocycles. The summed E-state index contributed by atoms with van der Waals surface area (Å²) in [5.74, 6) is 0.981. The average molecular weight is 715 g/mol. The molecule has 3 aromatic heterocycles. The number of ether oxygens (including phenoxy) is 3. The van der Waals surface area contributed by atoms with Gasteiger partial charge < -0.3 is 28.4 Å². The molecule has 0 N–H and O–H groups in total. The fourth-order valence-electron chi connectivity index (χ4n) is 7.73. The Labute approximate surface area is 301 Å². The van der Waals surface area contributed by atoms with E-state index in [0.717, 1.165) is 22.8 Å². The number of para-hydroxylation sites is 1. The number of benzene rings is 2. The van der Waals surface area contributed by atoms with Crippen molar-refractivity contribution < 1.29 is 28.2 Å². The number of halogens is 1. The summed E-state index contributed by atoms with van der Waals surface area (Å²) in [6.45, 7) is 10.2. The lowest BCUT2D eigenvalue weighted by Crippen LogP contribution is -2.43. The van der Waals surface area contributed by atoms with E-state index in [1.54, 1.807) is 0 Å².